The Balaban J connectivity index is 1.43. The summed E-state index contributed by atoms with van der Waals surface area (Å²) in [5.74, 6) is 1.87. The van der Waals surface area contributed by atoms with Crippen molar-refractivity contribution < 1.29 is 13.9 Å². The van der Waals surface area contributed by atoms with Crippen molar-refractivity contribution in [3.8, 4) is 5.75 Å². The summed E-state index contributed by atoms with van der Waals surface area (Å²) in [6.45, 7) is 3.73. The number of furan rings is 1. The summed E-state index contributed by atoms with van der Waals surface area (Å²) in [7, 11) is 0. The second kappa shape index (κ2) is 8.65. The van der Waals surface area contributed by atoms with Crippen LogP contribution in [-0.2, 0) is 13.0 Å². The maximum Gasteiger partial charge on any atom is 0.286 e. The summed E-state index contributed by atoms with van der Waals surface area (Å²) < 4.78 is 13.2. The molecule has 0 saturated heterocycles. The van der Waals surface area contributed by atoms with E-state index in [1.165, 1.54) is 11.8 Å². The first-order chi connectivity index (χ1) is 14.2. The third-order valence-electron chi connectivity index (χ3n) is 4.69. The topological polar surface area (TPSA) is 69.3 Å². The van der Waals surface area contributed by atoms with Crippen LogP contribution < -0.4 is 10.1 Å². The van der Waals surface area contributed by atoms with Gasteiger partial charge in [-0.25, -0.2) is 4.98 Å². The molecule has 6 heteroatoms. The van der Waals surface area contributed by atoms with E-state index in [-0.39, 0.29) is 5.91 Å². The predicted molar refractivity (Wildman–Crippen MR) is 111 cm³/mol. The number of nitrogens with one attached hydrogen (secondary N) is 1. The van der Waals surface area contributed by atoms with E-state index in [0.29, 0.717) is 31.9 Å². The van der Waals surface area contributed by atoms with Crippen molar-refractivity contribution in [1.29, 1.82) is 0 Å². The van der Waals surface area contributed by atoms with E-state index in [1.54, 1.807) is 12.1 Å². The molecule has 0 aliphatic carbocycles. The van der Waals surface area contributed by atoms with Gasteiger partial charge in [-0.1, -0.05) is 24.3 Å². The molecule has 0 unspecified atom stereocenters. The molecular weight excluding hydrogens is 366 g/mol. The van der Waals surface area contributed by atoms with Gasteiger partial charge in [-0.15, -0.1) is 0 Å². The number of rotatable bonds is 8. The lowest BCUT2D eigenvalue weighted by atomic mass is 10.2. The highest BCUT2D eigenvalue weighted by Gasteiger charge is 2.12. The van der Waals surface area contributed by atoms with Gasteiger partial charge in [0.1, 0.15) is 18.2 Å². The highest BCUT2D eigenvalue weighted by Crippen LogP contribution is 2.17. The van der Waals surface area contributed by atoms with Gasteiger partial charge in [0.2, 0.25) is 0 Å². The fourth-order valence-electron chi connectivity index (χ4n) is 3.31. The van der Waals surface area contributed by atoms with E-state index < -0.39 is 0 Å². The zero-order valence-electron chi connectivity index (χ0n) is 16.3. The van der Waals surface area contributed by atoms with Crippen LogP contribution in [0.1, 0.15) is 21.9 Å². The van der Waals surface area contributed by atoms with Crippen molar-refractivity contribution in [1.82, 2.24) is 14.9 Å². The number of ether oxygens (including phenoxy) is 1. The van der Waals surface area contributed by atoms with E-state index in [9.17, 15) is 4.79 Å². The molecular formula is C23H23N3O3. The zero-order valence-corrected chi connectivity index (χ0v) is 16.3. The van der Waals surface area contributed by atoms with Crippen LogP contribution in [0.3, 0.4) is 0 Å². The number of para-hydroxylation sites is 2. The quantitative estimate of drug-likeness (QED) is 0.495. The SMILES string of the molecule is Cc1cccc(OCCn2c(CCNC(=O)c3ccco3)nc3ccccc32)c1. The van der Waals surface area contributed by atoms with Crippen molar-refractivity contribution in [3.63, 3.8) is 0 Å². The van der Waals surface area contributed by atoms with Crippen LogP contribution in [0.25, 0.3) is 11.0 Å². The number of carbonyl (C=O) groups is 1. The van der Waals surface area contributed by atoms with E-state index in [0.717, 1.165) is 22.6 Å². The average molecular weight is 389 g/mol. The number of amides is 1. The highest BCUT2D eigenvalue weighted by atomic mass is 16.5. The molecule has 2 aromatic heterocycles. The Kier molecular flexibility index (Phi) is 5.61. The van der Waals surface area contributed by atoms with Gasteiger partial charge in [0, 0.05) is 13.0 Å². The zero-order chi connectivity index (χ0) is 20.1. The van der Waals surface area contributed by atoms with Crippen molar-refractivity contribution in [3.05, 3.63) is 84.1 Å². The number of nitrogens with zero attached hydrogens (tertiary/aromatic N) is 2. The fourth-order valence-corrected chi connectivity index (χ4v) is 3.31. The predicted octanol–water partition coefficient (Wildman–Crippen LogP) is 3.99. The van der Waals surface area contributed by atoms with Crippen molar-refractivity contribution in [2.75, 3.05) is 13.2 Å². The molecule has 2 aromatic carbocycles. The molecule has 0 aliphatic heterocycles. The lowest BCUT2D eigenvalue weighted by molar-refractivity contribution is 0.0926. The van der Waals surface area contributed by atoms with Gasteiger partial charge in [0.05, 0.1) is 23.8 Å². The molecule has 0 spiro atoms. The van der Waals surface area contributed by atoms with E-state index in [2.05, 4.69) is 16.0 Å². The fraction of sp³-hybridized carbons (Fsp3) is 0.217. The van der Waals surface area contributed by atoms with E-state index in [1.807, 2.05) is 49.4 Å². The van der Waals surface area contributed by atoms with Crippen LogP contribution in [0.4, 0.5) is 0 Å². The van der Waals surface area contributed by atoms with E-state index in [4.69, 9.17) is 14.1 Å². The summed E-state index contributed by atoms with van der Waals surface area (Å²) in [5.41, 5.74) is 3.17. The summed E-state index contributed by atoms with van der Waals surface area (Å²) in [6.07, 6.45) is 2.11. The number of aryl methyl sites for hydroxylation is 1. The van der Waals surface area contributed by atoms with Crippen LogP contribution in [0.5, 0.6) is 5.75 Å². The first kappa shape index (κ1) is 18.8. The maximum absolute atomic E-state index is 12.1. The second-order valence-corrected chi connectivity index (χ2v) is 6.82. The molecule has 0 atom stereocenters. The van der Waals surface area contributed by atoms with Crippen molar-refractivity contribution in [2.45, 2.75) is 19.9 Å². The highest BCUT2D eigenvalue weighted by molar-refractivity contribution is 5.91. The number of hydrogen-bond acceptors (Lipinski definition) is 4. The molecule has 0 saturated carbocycles. The molecule has 29 heavy (non-hydrogen) atoms. The molecule has 0 aliphatic rings. The van der Waals surface area contributed by atoms with Gasteiger partial charge in [-0.2, -0.15) is 0 Å². The second-order valence-electron chi connectivity index (χ2n) is 6.82. The molecule has 4 rings (SSSR count). The summed E-state index contributed by atoms with van der Waals surface area (Å²) in [5, 5.41) is 2.88. The average Bonchev–Trinajstić information content (AvgIpc) is 3.37. The van der Waals surface area contributed by atoms with Gasteiger partial charge < -0.3 is 19.0 Å². The first-order valence-electron chi connectivity index (χ1n) is 9.66. The molecule has 148 valence electrons. The molecule has 0 radical (unpaired) electrons. The molecule has 4 aromatic rings. The number of fused-ring (bicyclic) bond motifs is 1. The molecule has 0 fully saturated rings. The minimum atomic E-state index is -0.222. The van der Waals surface area contributed by atoms with Crippen molar-refractivity contribution in [2.24, 2.45) is 0 Å². The summed E-state index contributed by atoms with van der Waals surface area (Å²) >= 11 is 0. The van der Waals surface area contributed by atoms with Crippen LogP contribution in [0, 0.1) is 6.92 Å². The van der Waals surface area contributed by atoms with Gasteiger partial charge in [0.25, 0.3) is 5.91 Å². The smallest absolute Gasteiger partial charge is 0.286 e. The van der Waals surface area contributed by atoms with Crippen LogP contribution in [0.2, 0.25) is 0 Å². The lowest BCUT2D eigenvalue weighted by Crippen LogP contribution is -2.26. The van der Waals surface area contributed by atoms with Gasteiger partial charge in [0.15, 0.2) is 5.76 Å². The number of aromatic nitrogens is 2. The Labute approximate surface area is 169 Å². The van der Waals surface area contributed by atoms with Crippen molar-refractivity contribution >= 4 is 16.9 Å². The largest absolute Gasteiger partial charge is 0.492 e. The molecule has 6 nitrogen and oxygen atoms in total. The first-order valence-corrected chi connectivity index (χ1v) is 9.66. The molecule has 0 bridgehead atoms. The number of imidazole rings is 1. The third-order valence-corrected chi connectivity index (χ3v) is 4.69. The number of benzene rings is 2. The summed E-state index contributed by atoms with van der Waals surface area (Å²) in [4.78, 5) is 16.8. The summed E-state index contributed by atoms with van der Waals surface area (Å²) in [6, 6.07) is 19.4. The number of hydrogen-bond donors (Lipinski definition) is 1. The number of carbonyl (C=O) groups excluding carboxylic acids is 1. The Morgan fingerprint density at radius 2 is 2.03 bits per heavy atom. The Morgan fingerprint density at radius 3 is 2.86 bits per heavy atom. The normalized spacial score (nSPS) is 10.9. The van der Waals surface area contributed by atoms with Gasteiger partial charge in [-0.3, -0.25) is 4.79 Å². The Bertz CT molecular complexity index is 1100. The maximum atomic E-state index is 12.1. The third kappa shape index (κ3) is 4.48. The van der Waals surface area contributed by atoms with E-state index >= 15 is 0 Å². The van der Waals surface area contributed by atoms with Crippen LogP contribution in [-0.4, -0.2) is 28.6 Å². The lowest BCUT2D eigenvalue weighted by Gasteiger charge is -2.11. The minimum Gasteiger partial charge on any atom is -0.492 e. The Morgan fingerprint density at radius 1 is 1.14 bits per heavy atom. The minimum absolute atomic E-state index is 0.222. The van der Waals surface area contributed by atoms with Gasteiger partial charge in [-0.05, 0) is 48.9 Å². The van der Waals surface area contributed by atoms with Gasteiger partial charge >= 0.3 is 0 Å². The standard InChI is InChI=1S/C23H23N3O3/c1-17-6-4-7-18(16-17)28-15-13-26-20-9-3-2-8-19(20)25-22(26)11-12-24-23(27)21-10-5-14-29-21/h2-10,14,16H,11-13,15H2,1H3,(H,24,27). The monoisotopic (exact) mass is 389 g/mol. The molecule has 2 heterocycles. The molecule has 1 N–H and O–H groups in total. The molecule has 1 amide bonds. The van der Waals surface area contributed by atoms with Crippen LogP contribution in [0.15, 0.2) is 71.3 Å². The van der Waals surface area contributed by atoms with Crippen LogP contribution >= 0.6 is 0 Å². The Hall–Kier alpha value is -3.54.